The Balaban J connectivity index is 1.91. The molecule has 0 amide bonds. The minimum absolute atomic E-state index is 0.196. The van der Waals surface area contributed by atoms with Gasteiger partial charge in [-0.05, 0) is 57.0 Å². The van der Waals surface area contributed by atoms with Crippen LogP contribution in [0.3, 0.4) is 0 Å². The number of rotatable bonds is 10. The van der Waals surface area contributed by atoms with Crippen molar-refractivity contribution in [1.29, 1.82) is 0 Å². The number of methoxy groups -OCH3 is 1. The molecule has 0 aliphatic carbocycles. The SMILES string of the molecule is CCCOc1ccc(/C=c2\sc3n(c2=O)[C@@H](c2cccc(OC)c2OCC)C(C(=O)OCC)=C(C)N=3)cc1. The molecule has 0 saturated carbocycles. The average molecular weight is 537 g/mol. The van der Waals surface area contributed by atoms with Crippen LogP contribution < -0.4 is 29.1 Å². The first-order chi connectivity index (χ1) is 18.4. The second-order valence-corrected chi connectivity index (χ2v) is 9.54. The fourth-order valence-corrected chi connectivity index (χ4v) is 5.37. The zero-order chi connectivity index (χ0) is 27.2. The maximum absolute atomic E-state index is 13.9. The Morgan fingerprint density at radius 2 is 1.84 bits per heavy atom. The van der Waals surface area contributed by atoms with Crippen molar-refractivity contribution in [3.05, 3.63) is 84.5 Å². The van der Waals surface area contributed by atoms with Crippen LogP contribution in [0.2, 0.25) is 0 Å². The van der Waals surface area contributed by atoms with Gasteiger partial charge in [-0.15, -0.1) is 0 Å². The van der Waals surface area contributed by atoms with E-state index < -0.39 is 12.0 Å². The van der Waals surface area contributed by atoms with Crippen LogP contribution >= 0.6 is 11.3 Å². The molecule has 1 aromatic heterocycles. The van der Waals surface area contributed by atoms with E-state index in [0.717, 1.165) is 17.7 Å². The topological polar surface area (TPSA) is 88.3 Å². The highest BCUT2D eigenvalue weighted by atomic mass is 32.1. The highest BCUT2D eigenvalue weighted by Crippen LogP contribution is 2.40. The average Bonchev–Trinajstić information content (AvgIpc) is 3.22. The number of carbonyl (C=O) groups excluding carboxylic acids is 1. The number of aromatic nitrogens is 1. The fourth-order valence-electron chi connectivity index (χ4n) is 4.33. The van der Waals surface area contributed by atoms with E-state index in [-0.39, 0.29) is 17.7 Å². The number of para-hydroxylation sites is 1. The number of hydrogen-bond donors (Lipinski definition) is 0. The maximum atomic E-state index is 13.9. The van der Waals surface area contributed by atoms with E-state index in [4.69, 9.17) is 18.9 Å². The highest BCUT2D eigenvalue weighted by Gasteiger charge is 2.35. The van der Waals surface area contributed by atoms with Crippen molar-refractivity contribution in [2.75, 3.05) is 26.9 Å². The summed E-state index contributed by atoms with van der Waals surface area (Å²) in [6.45, 7) is 8.64. The lowest BCUT2D eigenvalue weighted by molar-refractivity contribution is -0.139. The standard InChI is InChI=1S/C29H32N2O6S/c1-6-16-37-20-14-12-19(13-15-20)17-23-27(32)31-25(21-10-9-11-22(34-5)26(21)35-7-2)24(28(33)36-8-3)18(4)30-29(31)38-23/h9-15,17,25H,6-8,16H2,1-5H3/b23-17-/t25-/m0/s1. The lowest BCUT2D eigenvalue weighted by Crippen LogP contribution is -2.40. The van der Waals surface area contributed by atoms with Crippen LogP contribution in [0, 0.1) is 0 Å². The molecular formula is C29H32N2O6S. The third-order valence-electron chi connectivity index (χ3n) is 5.98. The largest absolute Gasteiger partial charge is 0.494 e. The third kappa shape index (κ3) is 5.38. The Hall–Kier alpha value is -3.85. The Labute approximate surface area is 225 Å². The smallest absolute Gasteiger partial charge is 0.338 e. The number of benzene rings is 2. The third-order valence-corrected chi connectivity index (χ3v) is 6.96. The molecular weight excluding hydrogens is 504 g/mol. The Morgan fingerprint density at radius 1 is 1.08 bits per heavy atom. The summed E-state index contributed by atoms with van der Waals surface area (Å²) in [5.74, 6) is 1.23. The molecule has 200 valence electrons. The summed E-state index contributed by atoms with van der Waals surface area (Å²) in [4.78, 5) is 32.2. The van der Waals surface area contributed by atoms with E-state index in [1.165, 1.54) is 11.3 Å². The number of fused-ring (bicyclic) bond motifs is 1. The van der Waals surface area contributed by atoms with E-state index in [1.54, 1.807) is 31.6 Å². The predicted molar refractivity (Wildman–Crippen MR) is 147 cm³/mol. The number of ether oxygens (including phenoxy) is 4. The molecule has 9 heteroatoms. The summed E-state index contributed by atoms with van der Waals surface area (Å²) in [6, 6.07) is 12.2. The number of nitrogens with zero attached hydrogens (tertiary/aromatic N) is 2. The fraction of sp³-hybridized carbons (Fsp3) is 0.345. The van der Waals surface area contributed by atoms with Gasteiger partial charge in [0.2, 0.25) is 0 Å². The van der Waals surface area contributed by atoms with Crippen molar-refractivity contribution in [3.63, 3.8) is 0 Å². The van der Waals surface area contributed by atoms with Crippen LogP contribution in [0.15, 0.2) is 63.5 Å². The van der Waals surface area contributed by atoms with Crippen molar-refractivity contribution in [2.45, 2.75) is 40.2 Å². The van der Waals surface area contributed by atoms with Gasteiger partial charge in [0.05, 0.1) is 42.7 Å². The molecule has 1 aliphatic heterocycles. The number of hydrogen-bond acceptors (Lipinski definition) is 8. The van der Waals surface area contributed by atoms with Crippen LogP contribution in [-0.2, 0) is 9.53 Å². The molecule has 4 rings (SSSR count). The first-order valence-corrected chi connectivity index (χ1v) is 13.5. The highest BCUT2D eigenvalue weighted by molar-refractivity contribution is 7.07. The van der Waals surface area contributed by atoms with E-state index >= 15 is 0 Å². The second kappa shape index (κ2) is 12.1. The monoisotopic (exact) mass is 536 g/mol. The van der Waals surface area contributed by atoms with Crippen molar-refractivity contribution in [1.82, 2.24) is 4.57 Å². The lowest BCUT2D eigenvalue weighted by atomic mass is 9.94. The first-order valence-electron chi connectivity index (χ1n) is 12.7. The van der Waals surface area contributed by atoms with Crippen LogP contribution in [-0.4, -0.2) is 37.5 Å². The molecule has 0 bridgehead atoms. The molecule has 0 fully saturated rings. The number of allylic oxidation sites excluding steroid dienone is 1. The van der Waals surface area contributed by atoms with Gasteiger partial charge >= 0.3 is 5.97 Å². The van der Waals surface area contributed by atoms with Gasteiger partial charge in [-0.1, -0.05) is 42.5 Å². The van der Waals surface area contributed by atoms with E-state index in [0.29, 0.717) is 45.3 Å². The van der Waals surface area contributed by atoms with Crippen LogP contribution in [0.5, 0.6) is 17.2 Å². The van der Waals surface area contributed by atoms with Crippen molar-refractivity contribution >= 4 is 23.4 Å². The zero-order valence-corrected chi connectivity index (χ0v) is 23.1. The van der Waals surface area contributed by atoms with Crippen LogP contribution in [0.1, 0.15) is 51.3 Å². The van der Waals surface area contributed by atoms with Gasteiger partial charge in [0, 0.05) is 5.56 Å². The molecule has 0 spiro atoms. The lowest BCUT2D eigenvalue weighted by Gasteiger charge is -2.26. The molecule has 1 atom stereocenters. The van der Waals surface area contributed by atoms with Crippen molar-refractivity contribution in [2.24, 2.45) is 4.99 Å². The molecule has 0 unspecified atom stereocenters. The van der Waals surface area contributed by atoms with Gasteiger partial charge in [0.15, 0.2) is 16.3 Å². The normalized spacial score (nSPS) is 15.1. The molecule has 2 aromatic carbocycles. The first kappa shape index (κ1) is 27.2. The number of thiazole rings is 1. The Kier molecular flexibility index (Phi) is 8.68. The van der Waals surface area contributed by atoms with Gasteiger partial charge in [0.1, 0.15) is 11.8 Å². The van der Waals surface area contributed by atoms with Crippen LogP contribution in [0.4, 0.5) is 0 Å². The molecule has 2 heterocycles. The second-order valence-electron chi connectivity index (χ2n) is 8.53. The summed E-state index contributed by atoms with van der Waals surface area (Å²) in [7, 11) is 1.55. The van der Waals surface area contributed by atoms with E-state index in [9.17, 15) is 9.59 Å². The molecule has 3 aromatic rings. The predicted octanol–water partition coefficient (Wildman–Crippen LogP) is 3.99. The number of carbonyl (C=O) groups is 1. The Bertz CT molecular complexity index is 1520. The Morgan fingerprint density at radius 3 is 2.50 bits per heavy atom. The minimum atomic E-state index is -0.797. The zero-order valence-electron chi connectivity index (χ0n) is 22.3. The molecule has 8 nitrogen and oxygen atoms in total. The van der Waals surface area contributed by atoms with Gasteiger partial charge in [-0.25, -0.2) is 9.79 Å². The van der Waals surface area contributed by atoms with E-state index in [2.05, 4.69) is 11.9 Å². The summed E-state index contributed by atoms with van der Waals surface area (Å²) in [5.41, 5.74) is 1.99. The summed E-state index contributed by atoms with van der Waals surface area (Å²) in [6.07, 6.45) is 2.75. The van der Waals surface area contributed by atoms with Gasteiger partial charge < -0.3 is 18.9 Å². The molecule has 0 radical (unpaired) electrons. The molecule has 38 heavy (non-hydrogen) atoms. The van der Waals surface area contributed by atoms with Crippen LogP contribution in [0.25, 0.3) is 6.08 Å². The van der Waals surface area contributed by atoms with Gasteiger partial charge in [-0.2, -0.15) is 0 Å². The van der Waals surface area contributed by atoms with Gasteiger partial charge in [-0.3, -0.25) is 9.36 Å². The molecule has 0 saturated heterocycles. The van der Waals surface area contributed by atoms with Crippen molar-refractivity contribution < 1.29 is 23.7 Å². The summed E-state index contributed by atoms with van der Waals surface area (Å²) in [5, 5.41) is 0. The minimum Gasteiger partial charge on any atom is -0.494 e. The summed E-state index contributed by atoms with van der Waals surface area (Å²) < 4.78 is 24.6. The van der Waals surface area contributed by atoms with Crippen molar-refractivity contribution in [3.8, 4) is 17.2 Å². The maximum Gasteiger partial charge on any atom is 0.338 e. The molecule has 1 aliphatic rings. The van der Waals surface area contributed by atoms with E-state index in [1.807, 2.05) is 49.4 Å². The quantitative estimate of drug-likeness (QED) is 0.364. The molecule has 0 N–H and O–H groups in total. The summed E-state index contributed by atoms with van der Waals surface area (Å²) >= 11 is 1.27. The number of esters is 1. The van der Waals surface area contributed by atoms with Gasteiger partial charge in [0.25, 0.3) is 5.56 Å².